The quantitative estimate of drug-likeness (QED) is 0.736. The Bertz CT molecular complexity index is 773. The van der Waals surface area contributed by atoms with E-state index < -0.39 is 0 Å². The van der Waals surface area contributed by atoms with E-state index in [1.807, 2.05) is 0 Å². The van der Waals surface area contributed by atoms with Crippen molar-refractivity contribution in [2.24, 2.45) is 0 Å². The second-order valence-corrected chi connectivity index (χ2v) is 8.51. The van der Waals surface area contributed by atoms with Crippen LogP contribution in [0.25, 0.3) is 0 Å². The van der Waals surface area contributed by atoms with Gasteiger partial charge in [0.25, 0.3) is 0 Å². The van der Waals surface area contributed by atoms with E-state index in [9.17, 15) is 5.11 Å². The van der Waals surface area contributed by atoms with Crippen molar-refractivity contribution in [2.75, 3.05) is 0 Å². The van der Waals surface area contributed by atoms with Crippen molar-refractivity contribution >= 4 is 0 Å². The molecule has 1 nitrogen and oxygen atoms in total. The maximum atomic E-state index is 10.8. The Labute approximate surface area is 158 Å². The van der Waals surface area contributed by atoms with Gasteiger partial charge in [-0.1, -0.05) is 12.1 Å². The standard InChI is InChI=1S/C25H32O/c1-16-14-19-8-4-6-10-22(19)21(18(16)3)12-13-24-23-11-7-5-9-20(23)15-17(2)25(24)26/h14-15,26H,4-13H2,1-3H3. The van der Waals surface area contributed by atoms with Crippen LogP contribution in [0.5, 0.6) is 5.75 Å². The number of aryl methyl sites for hydroxylation is 4. The van der Waals surface area contributed by atoms with Crippen LogP contribution in [-0.4, -0.2) is 5.11 Å². The first-order valence-corrected chi connectivity index (χ1v) is 10.5. The lowest BCUT2D eigenvalue weighted by Gasteiger charge is -2.25. The van der Waals surface area contributed by atoms with Gasteiger partial charge in [0, 0.05) is 0 Å². The van der Waals surface area contributed by atoms with Crippen molar-refractivity contribution in [3.63, 3.8) is 0 Å². The normalized spacial score (nSPS) is 16.3. The molecule has 0 heterocycles. The molecule has 26 heavy (non-hydrogen) atoms. The van der Waals surface area contributed by atoms with Crippen LogP contribution in [0, 0.1) is 20.8 Å². The Morgan fingerprint density at radius 3 is 1.85 bits per heavy atom. The third kappa shape index (κ3) is 3.06. The minimum atomic E-state index is 0.560. The third-order valence-electron chi connectivity index (χ3n) is 6.86. The van der Waals surface area contributed by atoms with Crippen molar-refractivity contribution in [1.82, 2.24) is 0 Å². The lowest BCUT2D eigenvalue weighted by molar-refractivity contribution is 0.460. The molecule has 0 saturated heterocycles. The SMILES string of the molecule is Cc1cc2c(c(CCc3c(O)c(C)cc4c3CCCC4)c1C)CCCC2. The van der Waals surface area contributed by atoms with Crippen molar-refractivity contribution in [3.05, 3.63) is 62.2 Å². The third-order valence-corrected chi connectivity index (χ3v) is 6.86. The fraction of sp³-hybridized carbons (Fsp3) is 0.520. The summed E-state index contributed by atoms with van der Waals surface area (Å²) < 4.78 is 0. The first-order chi connectivity index (χ1) is 12.6. The maximum Gasteiger partial charge on any atom is 0.121 e. The molecule has 0 atom stereocenters. The van der Waals surface area contributed by atoms with E-state index in [-0.39, 0.29) is 0 Å². The highest BCUT2D eigenvalue weighted by atomic mass is 16.3. The molecule has 138 valence electrons. The first-order valence-electron chi connectivity index (χ1n) is 10.5. The fourth-order valence-corrected chi connectivity index (χ4v) is 5.27. The summed E-state index contributed by atoms with van der Waals surface area (Å²) in [6.45, 7) is 6.62. The van der Waals surface area contributed by atoms with Gasteiger partial charge >= 0.3 is 0 Å². The second kappa shape index (κ2) is 7.10. The molecule has 1 heteroatoms. The Morgan fingerprint density at radius 2 is 1.19 bits per heavy atom. The Hall–Kier alpha value is -1.76. The van der Waals surface area contributed by atoms with Gasteiger partial charge in [0.1, 0.15) is 5.75 Å². The van der Waals surface area contributed by atoms with Crippen LogP contribution in [0.1, 0.15) is 75.8 Å². The summed E-state index contributed by atoms with van der Waals surface area (Å²) in [6.07, 6.45) is 12.1. The van der Waals surface area contributed by atoms with Crippen LogP contribution in [-0.2, 0) is 38.5 Å². The molecule has 0 fully saturated rings. The van der Waals surface area contributed by atoms with E-state index >= 15 is 0 Å². The lowest BCUT2D eigenvalue weighted by atomic mass is 9.80. The maximum absolute atomic E-state index is 10.8. The smallest absolute Gasteiger partial charge is 0.121 e. The minimum absolute atomic E-state index is 0.560. The molecule has 2 aromatic rings. The van der Waals surface area contributed by atoms with Crippen LogP contribution in [0.15, 0.2) is 12.1 Å². The van der Waals surface area contributed by atoms with Gasteiger partial charge < -0.3 is 5.11 Å². The minimum Gasteiger partial charge on any atom is -0.507 e. The van der Waals surface area contributed by atoms with Crippen LogP contribution < -0.4 is 0 Å². The summed E-state index contributed by atoms with van der Waals surface area (Å²) in [7, 11) is 0. The zero-order chi connectivity index (χ0) is 18.3. The summed E-state index contributed by atoms with van der Waals surface area (Å²) in [5.41, 5.74) is 13.0. The van der Waals surface area contributed by atoms with Crippen molar-refractivity contribution < 1.29 is 5.11 Å². The molecule has 0 aromatic heterocycles. The van der Waals surface area contributed by atoms with E-state index in [4.69, 9.17) is 0 Å². The van der Waals surface area contributed by atoms with E-state index in [2.05, 4.69) is 32.9 Å². The average molecular weight is 349 g/mol. The Balaban J connectivity index is 1.71. The summed E-state index contributed by atoms with van der Waals surface area (Å²) in [6, 6.07) is 4.66. The molecule has 0 bridgehead atoms. The molecule has 2 aromatic carbocycles. The zero-order valence-corrected chi connectivity index (χ0v) is 16.7. The van der Waals surface area contributed by atoms with Crippen LogP contribution in [0.2, 0.25) is 0 Å². The van der Waals surface area contributed by atoms with Gasteiger partial charge in [0.2, 0.25) is 0 Å². The number of hydrogen-bond acceptors (Lipinski definition) is 1. The van der Waals surface area contributed by atoms with Crippen LogP contribution in [0.3, 0.4) is 0 Å². The van der Waals surface area contributed by atoms with Gasteiger partial charge in [-0.05, 0) is 135 Å². The average Bonchev–Trinajstić information content (AvgIpc) is 2.65. The largest absolute Gasteiger partial charge is 0.507 e. The molecular formula is C25H32O. The Kier molecular flexibility index (Phi) is 4.82. The van der Waals surface area contributed by atoms with Gasteiger partial charge in [0.05, 0.1) is 0 Å². The summed E-state index contributed by atoms with van der Waals surface area (Å²) >= 11 is 0. The predicted molar refractivity (Wildman–Crippen MR) is 109 cm³/mol. The number of phenolic OH excluding ortho intramolecular Hbond substituents is 1. The highest BCUT2D eigenvalue weighted by molar-refractivity contribution is 5.52. The van der Waals surface area contributed by atoms with E-state index in [1.165, 1.54) is 72.8 Å². The number of rotatable bonds is 3. The highest BCUT2D eigenvalue weighted by Crippen LogP contribution is 2.36. The molecule has 2 aliphatic rings. The van der Waals surface area contributed by atoms with Crippen LogP contribution in [0.4, 0.5) is 0 Å². The van der Waals surface area contributed by atoms with Crippen LogP contribution >= 0.6 is 0 Å². The predicted octanol–water partition coefficient (Wildman–Crippen LogP) is 5.86. The molecular weight excluding hydrogens is 316 g/mol. The van der Waals surface area contributed by atoms with Crippen molar-refractivity contribution in [2.45, 2.75) is 85.0 Å². The molecule has 0 aliphatic heterocycles. The molecule has 0 unspecified atom stereocenters. The van der Waals surface area contributed by atoms with E-state index in [0.717, 1.165) is 24.8 Å². The fourth-order valence-electron chi connectivity index (χ4n) is 5.27. The summed E-state index contributed by atoms with van der Waals surface area (Å²) in [5, 5.41) is 10.8. The molecule has 0 spiro atoms. The van der Waals surface area contributed by atoms with Crippen molar-refractivity contribution in [3.8, 4) is 5.75 Å². The van der Waals surface area contributed by atoms with E-state index in [1.54, 1.807) is 16.7 Å². The molecule has 2 aliphatic carbocycles. The monoisotopic (exact) mass is 348 g/mol. The molecule has 0 radical (unpaired) electrons. The molecule has 0 saturated carbocycles. The van der Waals surface area contributed by atoms with Gasteiger partial charge in [-0.25, -0.2) is 0 Å². The van der Waals surface area contributed by atoms with Gasteiger partial charge in [0.15, 0.2) is 0 Å². The number of benzene rings is 2. The number of aromatic hydroxyl groups is 1. The summed E-state index contributed by atoms with van der Waals surface area (Å²) in [5.74, 6) is 0.560. The number of hydrogen-bond donors (Lipinski definition) is 1. The first kappa shape index (κ1) is 17.6. The second-order valence-electron chi connectivity index (χ2n) is 8.51. The Morgan fingerprint density at radius 1 is 0.692 bits per heavy atom. The highest BCUT2D eigenvalue weighted by Gasteiger charge is 2.21. The van der Waals surface area contributed by atoms with Gasteiger partial charge in [-0.3, -0.25) is 0 Å². The van der Waals surface area contributed by atoms with Crippen molar-refractivity contribution in [1.29, 1.82) is 0 Å². The van der Waals surface area contributed by atoms with Gasteiger partial charge in [-0.15, -0.1) is 0 Å². The zero-order valence-electron chi connectivity index (χ0n) is 16.7. The number of fused-ring (bicyclic) bond motifs is 2. The summed E-state index contributed by atoms with van der Waals surface area (Å²) in [4.78, 5) is 0. The lowest BCUT2D eigenvalue weighted by Crippen LogP contribution is -2.12. The number of phenols is 1. The molecule has 0 amide bonds. The molecule has 1 N–H and O–H groups in total. The van der Waals surface area contributed by atoms with E-state index in [0.29, 0.717) is 5.75 Å². The topological polar surface area (TPSA) is 20.2 Å². The molecule has 4 rings (SSSR count). The van der Waals surface area contributed by atoms with Gasteiger partial charge in [-0.2, -0.15) is 0 Å².